The monoisotopic (exact) mass is 386 g/mol. The number of nitrogens with one attached hydrogen (secondary N) is 1. The molecule has 0 heterocycles. The van der Waals surface area contributed by atoms with Crippen LogP contribution in [0, 0.1) is 13.8 Å². The zero-order chi connectivity index (χ0) is 20.0. The van der Waals surface area contributed by atoms with Crippen molar-refractivity contribution < 1.29 is 14.3 Å². The number of anilines is 2. The third-order valence-electron chi connectivity index (χ3n) is 4.16. The number of rotatable bonds is 7. The first-order valence-electron chi connectivity index (χ1n) is 8.74. The van der Waals surface area contributed by atoms with E-state index in [-0.39, 0.29) is 11.7 Å². The van der Waals surface area contributed by atoms with Crippen LogP contribution in [0.1, 0.15) is 18.1 Å². The van der Waals surface area contributed by atoms with E-state index >= 15 is 0 Å². The molecule has 27 heavy (non-hydrogen) atoms. The van der Waals surface area contributed by atoms with E-state index in [1.54, 1.807) is 6.92 Å². The Labute approximate surface area is 165 Å². The fourth-order valence-electron chi connectivity index (χ4n) is 2.32. The molecule has 0 saturated carbocycles. The number of thioether (sulfide) groups is 1. The van der Waals surface area contributed by atoms with Crippen LogP contribution in [0.15, 0.2) is 47.4 Å². The average Bonchev–Trinajstić information content (AvgIpc) is 2.63. The van der Waals surface area contributed by atoms with Gasteiger partial charge in [0.15, 0.2) is 6.10 Å². The number of esters is 1. The Kier molecular flexibility index (Phi) is 7.30. The minimum atomic E-state index is -0.855. The number of aryl methyl sites for hydroxylation is 2. The molecule has 0 aliphatic carbocycles. The van der Waals surface area contributed by atoms with Gasteiger partial charge in [-0.15, -0.1) is 11.8 Å². The van der Waals surface area contributed by atoms with E-state index in [9.17, 15) is 9.59 Å². The average molecular weight is 387 g/mol. The highest BCUT2D eigenvalue weighted by molar-refractivity contribution is 8.00. The second kappa shape index (κ2) is 9.46. The molecule has 0 bridgehead atoms. The minimum Gasteiger partial charge on any atom is -0.452 e. The van der Waals surface area contributed by atoms with Crippen LogP contribution in [0.5, 0.6) is 0 Å². The molecule has 1 atom stereocenters. The van der Waals surface area contributed by atoms with Crippen molar-refractivity contribution in [1.82, 2.24) is 0 Å². The second-order valence-corrected chi connectivity index (χ2v) is 7.65. The molecular formula is C21H26N2O3S. The van der Waals surface area contributed by atoms with Crippen molar-refractivity contribution in [3.63, 3.8) is 0 Å². The summed E-state index contributed by atoms with van der Waals surface area (Å²) in [6.07, 6.45) is -0.855. The predicted octanol–water partition coefficient (Wildman–Crippen LogP) is 4.03. The van der Waals surface area contributed by atoms with Gasteiger partial charge in [0.1, 0.15) is 0 Å². The minimum absolute atomic E-state index is 0.164. The topological polar surface area (TPSA) is 58.6 Å². The van der Waals surface area contributed by atoms with Gasteiger partial charge in [0.25, 0.3) is 5.91 Å². The van der Waals surface area contributed by atoms with Crippen LogP contribution in [-0.4, -0.2) is 37.8 Å². The third kappa shape index (κ3) is 6.32. The van der Waals surface area contributed by atoms with Crippen molar-refractivity contribution in [2.75, 3.05) is 30.1 Å². The first kappa shape index (κ1) is 20.8. The quantitative estimate of drug-likeness (QED) is 0.575. The summed E-state index contributed by atoms with van der Waals surface area (Å²) in [5.74, 6) is -0.599. The molecular weight excluding hydrogens is 360 g/mol. The first-order valence-corrected chi connectivity index (χ1v) is 9.72. The summed E-state index contributed by atoms with van der Waals surface area (Å²) < 4.78 is 5.24. The van der Waals surface area contributed by atoms with E-state index in [0.717, 1.165) is 10.6 Å². The van der Waals surface area contributed by atoms with E-state index in [1.807, 2.05) is 75.3 Å². The number of nitrogens with zero attached hydrogens (tertiary/aromatic N) is 1. The van der Waals surface area contributed by atoms with Gasteiger partial charge in [-0.3, -0.25) is 9.59 Å². The van der Waals surface area contributed by atoms with Crippen molar-refractivity contribution >= 4 is 35.0 Å². The normalized spacial score (nSPS) is 11.6. The van der Waals surface area contributed by atoms with Crippen LogP contribution < -0.4 is 10.2 Å². The predicted molar refractivity (Wildman–Crippen MR) is 112 cm³/mol. The van der Waals surface area contributed by atoms with Crippen LogP contribution in [-0.2, 0) is 14.3 Å². The molecule has 5 nitrogen and oxygen atoms in total. The summed E-state index contributed by atoms with van der Waals surface area (Å²) in [7, 11) is 3.90. The maximum Gasteiger partial charge on any atom is 0.317 e. The van der Waals surface area contributed by atoms with Crippen molar-refractivity contribution in [2.24, 2.45) is 0 Å². The molecule has 2 aromatic rings. The Bertz CT molecular complexity index is 804. The third-order valence-corrected chi connectivity index (χ3v) is 5.13. The molecule has 0 saturated heterocycles. The summed E-state index contributed by atoms with van der Waals surface area (Å²) in [4.78, 5) is 27.2. The number of benzene rings is 2. The molecule has 0 radical (unpaired) electrons. The fourth-order valence-corrected chi connectivity index (χ4v) is 3.09. The van der Waals surface area contributed by atoms with Crippen LogP contribution in [0.25, 0.3) is 0 Å². The Morgan fingerprint density at radius 1 is 1.07 bits per heavy atom. The van der Waals surface area contributed by atoms with Crippen LogP contribution in [0.4, 0.5) is 11.4 Å². The SMILES string of the molecule is Cc1ccc(SCC(=O)O[C@H](C)C(=O)Nc2ccc(N(C)C)cc2)cc1C. The summed E-state index contributed by atoms with van der Waals surface area (Å²) in [6.45, 7) is 5.66. The molecule has 1 amide bonds. The Morgan fingerprint density at radius 2 is 1.74 bits per heavy atom. The number of ether oxygens (including phenoxy) is 1. The fraction of sp³-hybridized carbons (Fsp3) is 0.333. The lowest BCUT2D eigenvalue weighted by atomic mass is 10.1. The largest absolute Gasteiger partial charge is 0.452 e. The van der Waals surface area contributed by atoms with Gasteiger partial charge in [-0.2, -0.15) is 0 Å². The molecule has 1 N–H and O–H groups in total. The highest BCUT2D eigenvalue weighted by atomic mass is 32.2. The smallest absolute Gasteiger partial charge is 0.317 e. The Hall–Kier alpha value is -2.47. The molecule has 0 aromatic heterocycles. The van der Waals surface area contributed by atoms with Gasteiger partial charge in [0.05, 0.1) is 5.75 Å². The summed E-state index contributed by atoms with van der Waals surface area (Å²) in [6, 6.07) is 13.5. The van der Waals surface area contributed by atoms with Crippen molar-refractivity contribution in [3.05, 3.63) is 53.6 Å². The maximum absolute atomic E-state index is 12.2. The summed E-state index contributed by atoms with van der Waals surface area (Å²) in [5.41, 5.74) is 4.10. The molecule has 2 aromatic carbocycles. The van der Waals surface area contributed by atoms with Gasteiger partial charge in [-0.1, -0.05) is 6.07 Å². The number of hydrogen-bond donors (Lipinski definition) is 1. The van der Waals surface area contributed by atoms with E-state index < -0.39 is 12.1 Å². The molecule has 6 heteroatoms. The number of carbonyl (C=O) groups is 2. The zero-order valence-electron chi connectivity index (χ0n) is 16.4. The Balaban J connectivity index is 1.82. The van der Waals surface area contributed by atoms with Gasteiger partial charge >= 0.3 is 5.97 Å². The zero-order valence-corrected chi connectivity index (χ0v) is 17.2. The molecule has 0 fully saturated rings. The number of hydrogen-bond acceptors (Lipinski definition) is 5. The van der Waals surface area contributed by atoms with E-state index in [4.69, 9.17) is 4.74 Å². The number of carbonyl (C=O) groups excluding carboxylic acids is 2. The van der Waals surface area contributed by atoms with Crippen LogP contribution >= 0.6 is 11.8 Å². The van der Waals surface area contributed by atoms with Crippen molar-refractivity contribution in [1.29, 1.82) is 0 Å². The molecule has 144 valence electrons. The molecule has 0 spiro atoms. The second-order valence-electron chi connectivity index (χ2n) is 6.60. The lowest BCUT2D eigenvalue weighted by molar-refractivity contribution is -0.150. The van der Waals surface area contributed by atoms with Crippen molar-refractivity contribution in [2.45, 2.75) is 31.8 Å². The van der Waals surface area contributed by atoms with Gasteiger partial charge in [-0.05, 0) is 68.3 Å². The number of amides is 1. The molecule has 2 rings (SSSR count). The maximum atomic E-state index is 12.2. The lowest BCUT2D eigenvalue weighted by Crippen LogP contribution is -2.30. The molecule has 0 aliphatic rings. The van der Waals surface area contributed by atoms with E-state index in [2.05, 4.69) is 5.32 Å². The standard InChI is InChI=1S/C21H26N2O3S/c1-14-6-11-19(12-15(14)2)27-13-20(24)26-16(3)21(25)22-17-7-9-18(10-8-17)23(4)5/h6-12,16H,13H2,1-5H3,(H,22,25)/t16-/m1/s1. The Morgan fingerprint density at radius 3 is 2.33 bits per heavy atom. The summed E-state index contributed by atoms with van der Waals surface area (Å²) >= 11 is 1.40. The van der Waals surface area contributed by atoms with Gasteiger partial charge in [-0.25, -0.2) is 0 Å². The van der Waals surface area contributed by atoms with E-state index in [1.165, 1.54) is 22.9 Å². The van der Waals surface area contributed by atoms with Gasteiger partial charge < -0.3 is 15.0 Å². The van der Waals surface area contributed by atoms with Gasteiger partial charge in [0.2, 0.25) is 0 Å². The lowest BCUT2D eigenvalue weighted by Gasteiger charge is -2.15. The molecule has 0 unspecified atom stereocenters. The first-order chi connectivity index (χ1) is 12.8. The highest BCUT2D eigenvalue weighted by Crippen LogP contribution is 2.21. The van der Waals surface area contributed by atoms with Crippen molar-refractivity contribution in [3.8, 4) is 0 Å². The van der Waals surface area contributed by atoms with Crippen LogP contribution in [0.3, 0.4) is 0 Å². The van der Waals surface area contributed by atoms with Crippen LogP contribution in [0.2, 0.25) is 0 Å². The highest BCUT2D eigenvalue weighted by Gasteiger charge is 2.18. The van der Waals surface area contributed by atoms with Gasteiger partial charge in [0, 0.05) is 30.4 Å². The molecule has 0 aliphatic heterocycles. The van der Waals surface area contributed by atoms with E-state index in [0.29, 0.717) is 5.69 Å². The summed E-state index contributed by atoms with van der Waals surface area (Å²) in [5, 5.41) is 2.76.